The molecular weight excluding hydrogens is 219 g/mol. The summed E-state index contributed by atoms with van der Waals surface area (Å²) < 4.78 is 13.2. The fourth-order valence-corrected chi connectivity index (χ4v) is 1.83. The molecule has 1 aromatic carbocycles. The predicted molar refractivity (Wildman–Crippen MR) is 61.7 cm³/mol. The number of nitrogens with zero attached hydrogens (tertiary/aromatic N) is 2. The van der Waals surface area contributed by atoms with Crippen molar-refractivity contribution in [1.29, 1.82) is 0 Å². The lowest BCUT2D eigenvalue weighted by Gasteiger charge is -2.27. The molecule has 1 aromatic heterocycles. The number of benzene rings is 1. The molecule has 1 atom stereocenters. The van der Waals surface area contributed by atoms with Gasteiger partial charge in [0.2, 0.25) is 0 Å². The van der Waals surface area contributed by atoms with Crippen molar-refractivity contribution >= 4 is 0 Å². The molecule has 0 aliphatic rings. The van der Waals surface area contributed by atoms with E-state index < -0.39 is 5.60 Å². The molecule has 17 heavy (non-hydrogen) atoms. The second kappa shape index (κ2) is 4.59. The van der Waals surface area contributed by atoms with E-state index in [2.05, 4.69) is 9.97 Å². The van der Waals surface area contributed by atoms with Crippen LogP contribution in [0, 0.1) is 5.82 Å². The van der Waals surface area contributed by atoms with E-state index in [9.17, 15) is 9.50 Å². The lowest BCUT2D eigenvalue weighted by atomic mass is 9.86. The first-order chi connectivity index (χ1) is 8.16. The van der Waals surface area contributed by atoms with Gasteiger partial charge in [-0.1, -0.05) is 19.1 Å². The van der Waals surface area contributed by atoms with Crippen LogP contribution in [-0.2, 0) is 5.60 Å². The highest BCUT2D eigenvalue weighted by molar-refractivity contribution is 5.33. The number of halogens is 1. The fraction of sp³-hybridized carbons (Fsp3) is 0.231. The van der Waals surface area contributed by atoms with E-state index in [0.717, 1.165) is 0 Å². The highest BCUT2D eigenvalue weighted by atomic mass is 19.1. The van der Waals surface area contributed by atoms with E-state index in [4.69, 9.17) is 0 Å². The van der Waals surface area contributed by atoms with E-state index in [-0.39, 0.29) is 5.82 Å². The van der Waals surface area contributed by atoms with Crippen molar-refractivity contribution in [2.75, 3.05) is 0 Å². The molecule has 0 radical (unpaired) electrons. The number of aliphatic hydroxyl groups is 1. The molecule has 0 bridgehead atoms. The Bertz CT molecular complexity index is 504. The molecule has 0 spiro atoms. The Morgan fingerprint density at radius 3 is 2.53 bits per heavy atom. The van der Waals surface area contributed by atoms with Crippen LogP contribution in [0.15, 0.2) is 43.0 Å². The quantitative estimate of drug-likeness (QED) is 0.882. The molecule has 0 fully saturated rings. The third-order valence-electron chi connectivity index (χ3n) is 2.85. The number of hydrogen-bond donors (Lipinski definition) is 1. The van der Waals surface area contributed by atoms with Crippen LogP contribution in [0.4, 0.5) is 4.39 Å². The van der Waals surface area contributed by atoms with Crippen LogP contribution in [0.25, 0.3) is 0 Å². The predicted octanol–water partition coefficient (Wildman–Crippen LogP) is 2.26. The summed E-state index contributed by atoms with van der Waals surface area (Å²) in [5.74, 6) is -0.369. The maximum atomic E-state index is 13.2. The van der Waals surface area contributed by atoms with Gasteiger partial charge in [-0.15, -0.1) is 0 Å². The highest BCUT2D eigenvalue weighted by Crippen LogP contribution is 2.32. The summed E-state index contributed by atoms with van der Waals surface area (Å²) in [6.45, 7) is 1.83. The van der Waals surface area contributed by atoms with Crippen LogP contribution in [0.1, 0.15) is 24.5 Å². The lowest BCUT2D eigenvalue weighted by Crippen LogP contribution is -2.26. The zero-order valence-corrected chi connectivity index (χ0v) is 9.47. The van der Waals surface area contributed by atoms with Crippen LogP contribution in [0.3, 0.4) is 0 Å². The standard InChI is InChI=1S/C13H13FN2O/c1-2-13(17,11-7-15-9-16-8-11)10-4-3-5-12(14)6-10/h3-9,17H,2H2,1H3. The van der Waals surface area contributed by atoms with Gasteiger partial charge in [-0.05, 0) is 24.1 Å². The van der Waals surface area contributed by atoms with Gasteiger partial charge in [0.05, 0.1) is 0 Å². The van der Waals surface area contributed by atoms with Crippen LogP contribution in [0.2, 0.25) is 0 Å². The van der Waals surface area contributed by atoms with Crippen LogP contribution in [-0.4, -0.2) is 15.1 Å². The summed E-state index contributed by atoms with van der Waals surface area (Å²) in [4.78, 5) is 7.76. The van der Waals surface area contributed by atoms with Gasteiger partial charge < -0.3 is 5.11 Å². The minimum atomic E-state index is -1.25. The Morgan fingerprint density at radius 1 is 1.24 bits per heavy atom. The molecule has 1 unspecified atom stereocenters. The molecule has 0 saturated carbocycles. The molecule has 2 rings (SSSR count). The van der Waals surface area contributed by atoms with Crippen molar-refractivity contribution in [3.05, 3.63) is 59.9 Å². The van der Waals surface area contributed by atoms with Gasteiger partial charge in [-0.3, -0.25) is 0 Å². The van der Waals surface area contributed by atoms with Crippen molar-refractivity contribution in [3.8, 4) is 0 Å². The summed E-state index contributed by atoms with van der Waals surface area (Å²) in [6, 6.07) is 5.95. The average Bonchev–Trinajstić information content (AvgIpc) is 2.39. The largest absolute Gasteiger partial charge is 0.380 e. The zero-order chi connectivity index (χ0) is 12.3. The first-order valence-electron chi connectivity index (χ1n) is 5.40. The van der Waals surface area contributed by atoms with Gasteiger partial charge in [0.15, 0.2) is 0 Å². The molecule has 0 aliphatic heterocycles. The SMILES string of the molecule is CCC(O)(c1cncnc1)c1cccc(F)c1. The van der Waals surface area contributed by atoms with E-state index in [1.807, 2.05) is 6.92 Å². The smallest absolute Gasteiger partial charge is 0.123 e. The van der Waals surface area contributed by atoms with Gasteiger partial charge in [0.25, 0.3) is 0 Å². The third kappa shape index (κ3) is 2.17. The average molecular weight is 232 g/mol. The number of hydrogen-bond acceptors (Lipinski definition) is 3. The van der Waals surface area contributed by atoms with E-state index >= 15 is 0 Å². The van der Waals surface area contributed by atoms with Crippen molar-refractivity contribution in [3.63, 3.8) is 0 Å². The van der Waals surface area contributed by atoms with Crippen molar-refractivity contribution in [2.24, 2.45) is 0 Å². The number of rotatable bonds is 3. The van der Waals surface area contributed by atoms with Gasteiger partial charge in [0.1, 0.15) is 17.7 Å². The fourth-order valence-electron chi connectivity index (χ4n) is 1.83. The molecule has 1 heterocycles. The summed E-state index contributed by atoms with van der Waals surface area (Å²) in [7, 11) is 0. The zero-order valence-electron chi connectivity index (χ0n) is 9.47. The normalized spacial score (nSPS) is 14.3. The second-order valence-corrected chi connectivity index (χ2v) is 3.85. The monoisotopic (exact) mass is 232 g/mol. The topological polar surface area (TPSA) is 46.0 Å². The Hall–Kier alpha value is -1.81. The highest BCUT2D eigenvalue weighted by Gasteiger charge is 2.30. The molecule has 4 heteroatoms. The summed E-state index contributed by atoms with van der Waals surface area (Å²) in [6.07, 6.45) is 4.90. The summed E-state index contributed by atoms with van der Waals surface area (Å²) >= 11 is 0. The first kappa shape index (κ1) is 11.7. The van der Waals surface area contributed by atoms with Gasteiger partial charge in [-0.25, -0.2) is 14.4 Å². The Balaban J connectivity index is 2.52. The van der Waals surface area contributed by atoms with E-state index in [1.54, 1.807) is 24.5 Å². The first-order valence-corrected chi connectivity index (χ1v) is 5.40. The van der Waals surface area contributed by atoms with E-state index in [0.29, 0.717) is 17.5 Å². The number of aromatic nitrogens is 2. The Labute approximate surface area is 99.0 Å². The molecule has 2 aromatic rings. The maximum Gasteiger partial charge on any atom is 0.123 e. The van der Waals surface area contributed by atoms with Gasteiger partial charge in [-0.2, -0.15) is 0 Å². The summed E-state index contributed by atoms with van der Waals surface area (Å²) in [5.41, 5.74) is -0.175. The minimum Gasteiger partial charge on any atom is -0.380 e. The van der Waals surface area contributed by atoms with Crippen molar-refractivity contribution in [1.82, 2.24) is 9.97 Å². The van der Waals surface area contributed by atoms with Crippen molar-refractivity contribution < 1.29 is 9.50 Å². The van der Waals surface area contributed by atoms with Gasteiger partial charge in [0, 0.05) is 18.0 Å². The van der Waals surface area contributed by atoms with Gasteiger partial charge >= 0.3 is 0 Å². The molecule has 3 nitrogen and oxygen atoms in total. The molecule has 0 amide bonds. The van der Waals surface area contributed by atoms with Crippen molar-refractivity contribution in [2.45, 2.75) is 18.9 Å². The van der Waals surface area contributed by atoms with Crippen LogP contribution < -0.4 is 0 Å². The Kier molecular flexibility index (Phi) is 3.15. The lowest BCUT2D eigenvalue weighted by molar-refractivity contribution is 0.0754. The molecule has 0 saturated heterocycles. The summed E-state index contributed by atoms with van der Waals surface area (Å²) in [5, 5.41) is 10.6. The molecule has 88 valence electrons. The maximum absolute atomic E-state index is 13.2. The van der Waals surface area contributed by atoms with Crippen LogP contribution in [0.5, 0.6) is 0 Å². The van der Waals surface area contributed by atoms with Crippen LogP contribution >= 0.6 is 0 Å². The second-order valence-electron chi connectivity index (χ2n) is 3.85. The third-order valence-corrected chi connectivity index (χ3v) is 2.85. The molecular formula is C13H13FN2O. The molecule has 1 N–H and O–H groups in total. The Morgan fingerprint density at radius 2 is 1.94 bits per heavy atom. The molecule has 0 aliphatic carbocycles. The minimum absolute atomic E-state index is 0.369. The van der Waals surface area contributed by atoms with E-state index in [1.165, 1.54) is 18.5 Å².